The van der Waals surface area contributed by atoms with E-state index in [1.165, 1.54) is 173 Å². The van der Waals surface area contributed by atoms with Gasteiger partial charge in [0.05, 0.1) is 40.3 Å². The first-order chi connectivity index (χ1) is 42.1. The summed E-state index contributed by atoms with van der Waals surface area (Å²) in [7, 11) is 5.92. The van der Waals surface area contributed by atoms with Crippen LogP contribution in [-0.4, -0.2) is 82.3 Å². The third-order valence-electron chi connectivity index (χ3n) is 15.3. The number of quaternary nitrogens is 1. The summed E-state index contributed by atoms with van der Waals surface area (Å²) in [6.07, 6.45) is 90.4. The lowest BCUT2D eigenvalue weighted by Gasteiger charge is -2.26. The molecule has 0 aromatic carbocycles. The largest absolute Gasteiger partial charge is 0.545 e. The number of rotatable bonds is 65. The zero-order valence-corrected chi connectivity index (χ0v) is 56.4. The Morgan fingerprint density at radius 3 is 0.988 bits per heavy atom. The van der Waals surface area contributed by atoms with E-state index in [0.29, 0.717) is 17.4 Å². The topological polar surface area (TPSA) is 111 Å². The summed E-state index contributed by atoms with van der Waals surface area (Å²) in [6.45, 7) is 4.62. The van der Waals surface area contributed by atoms with Gasteiger partial charge in [-0.25, -0.2) is 0 Å². The minimum atomic E-state index is -1.64. The summed E-state index contributed by atoms with van der Waals surface area (Å²) in [6, 6.07) is 0. The number of carboxylic acid groups (broad SMARTS) is 1. The Hall–Kier alpha value is -4.05. The van der Waals surface area contributed by atoms with E-state index in [1.807, 2.05) is 21.1 Å². The van der Waals surface area contributed by atoms with Crippen molar-refractivity contribution in [2.24, 2.45) is 0 Å². The number of esters is 2. The molecule has 0 fully saturated rings. The standard InChI is InChI=1S/C77H133NO8/c1-6-8-10-12-14-16-18-20-22-24-26-28-30-32-34-36-38-40-42-44-46-48-50-52-54-56-58-60-62-64-66-68-75(80)86-73(72-85-77(76(81)82)83-70-69-78(3,4)5)71-84-74(79)67-65-63-61-59-57-55-53-51-49-47-45-43-41-39-37-35-33-31-29-27-25-23-21-19-17-15-13-11-9-7-2/h8,10,14,16,20,22,26,28,32,34,38,40,44,46,50,52,56,58,73,77H,6-7,9,11-13,15,17-19,21,23-25,27,29-31,33,35-37,39,41-43,45,47-49,51,53-55,57,59-72H2,1-5H3/b10-8-,16-14-,22-20-,28-26-,34-32-,40-38-,46-44-,52-50-,58-56-. The number of carbonyl (C=O) groups excluding carboxylic acids is 3. The zero-order chi connectivity index (χ0) is 62.6. The molecule has 0 aliphatic rings. The normalized spacial score (nSPS) is 13.4. The number of allylic oxidation sites excluding steroid dienone is 18. The number of hydrogen-bond acceptors (Lipinski definition) is 8. The summed E-state index contributed by atoms with van der Waals surface area (Å²) in [5.41, 5.74) is 0. The lowest BCUT2D eigenvalue weighted by Crippen LogP contribution is -2.44. The second-order valence-corrected chi connectivity index (χ2v) is 24.8. The number of carbonyl (C=O) groups is 3. The van der Waals surface area contributed by atoms with Crippen molar-refractivity contribution in [3.8, 4) is 0 Å². The van der Waals surface area contributed by atoms with Crippen molar-refractivity contribution in [2.75, 3.05) is 47.5 Å². The van der Waals surface area contributed by atoms with E-state index in [2.05, 4.69) is 123 Å². The molecule has 86 heavy (non-hydrogen) atoms. The van der Waals surface area contributed by atoms with Crippen molar-refractivity contribution in [2.45, 2.75) is 315 Å². The van der Waals surface area contributed by atoms with E-state index in [1.54, 1.807) is 0 Å². The predicted octanol–water partition coefficient (Wildman–Crippen LogP) is 20.9. The van der Waals surface area contributed by atoms with E-state index in [9.17, 15) is 19.5 Å². The van der Waals surface area contributed by atoms with Gasteiger partial charge in [-0.2, -0.15) is 0 Å². The van der Waals surface area contributed by atoms with Gasteiger partial charge < -0.3 is 33.3 Å². The number of likely N-dealkylation sites (N-methyl/N-ethyl adjacent to an activating group) is 1. The molecular formula is C77H133NO8. The van der Waals surface area contributed by atoms with Crippen LogP contribution in [0.25, 0.3) is 0 Å². The summed E-state index contributed by atoms with van der Waals surface area (Å²) in [4.78, 5) is 37.5. The maximum absolute atomic E-state index is 12.9. The average molecular weight is 1200 g/mol. The lowest BCUT2D eigenvalue weighted by atomic mass is 10.0. The van der Waals surface area contributed by atoms with Crippen molar-refractivity contribution >= 4 is 17.9 Å². The van der Waals surface area contributed by atoms with Gasteiger partial charge in [0, 0.05) is 12.8 Å². The molecule has 494 valence electrons. The van der Waals surface area contributed by atoms with Gasteiger partial charge in [0.2, 0.25) is 0 Å². The zero-order valence-electron chi connectivity index (χ0n) is 56.4. The van der Waals surface area contributed by atoms with E-state index < -0.39 is 24.3 Å². The van der Waals surface area contributed by atoms with E-state index in [4.69, 9.17) is 18.9 Å². The van der Waals surface area contributed by atoms with Gasteiger partial charge in [0.1, 0.15) is 13.2 Å². The first kappa shape index (κ1) is 82.0. The molecule has 2 atom stereocenters. The molecule has 0 saturated heterocycles. The molecule has 0 aromatic rings. The average Bonchev–Trinajstić information content (AvgIpc) is 3.64. The molecule has 0 aliphatic carbocycles. The van der Waals surface area contributed by atoms with Gasteiger partial charge in [0.15, 0.2) is 12.4 Å². The second kappa shape index (κ2) is 66.9. The molecule has 0 bridgehead atoms. The van der Waals surface area contributed by atoms with Gasteiger partial charge in [-0.1, -0.05) is 316 Å². The highest BCUT2D eigenvalue weighted by Gasteiger charge is 2.22. The minimum absolute atomic E-state index is 0.137. The molecule has 0 aliphatic heterocycles. The fourth-order valence-corrected chi connectivity index (χ4v) is 9.88. The van der Waals surface area contributed by atoms with Crippen molar-refractivity contribution in [1.82, 2.24) is 0 Å². The highest BCUT2D eigenvalue weighted by molar-refractivity contribution is 5.70. The molecule has 0 heterocycles. The van der Waals surface area contributed by atoms with Gasteiger partial charge in [-0.05, 0) is 83.5 Å². The van der Waals surface area contributed by atoms with Crippen LogP contribution in [0.3, 0.4) is 0 Å². The van der Waals surface area contributed by atoms with Gasteiger partial charge in [-0.15, -0.1) is 0 Å². The fraction of sp³-hybridized carbons (Fsp3) is 0.727. The quantitative estimate of drug-likeness (QED) is 0.0195. The number of carboxylic acids is 1. The molecule has 0 rings (SSSR count). The number of nitrogens with zero attached hydrogens (tertiary/aromatic N) is 1. The molecule has 9 heteroatoms. The van der Waals surface area contributed by atoms with Crippen molar-refractivity contribution in [3.05, 3.63) is 109 Å². The van der Waals surface area contributed by atoms with Crippen LogP contribution in [0.15, 0.2) is 109 Å². The molecule has 0 amide bonds. The number of unbranched alkanes of at least 4 members (excludes halogenated alkanes) is 32. The SMILES string of the molecule is CC/C=C\C/C=C\C/C=C\C/C=C\C/C=C\C/C=C\C/C=C\C/C=C\C/C=C\CCCCCC(=O)OC(COC(=O)CCCCCCCCCCCCCCCCCCCCCCCCCCCCCCCC)COC(OCC[N+](C)(C)C)C(=O)[O-]. The first-order valence-electron chi connectivity index (χ1n) is 35.5. The van der Waals surface area contributed by atoms with Crippen molar-refractivity contribution in [3.63, 3.8) is 0 Å². The summed E-state index contributed by atoms with van der Waals surface area (Å²) in [5.74, 6) is -2.32. The van der Waals surface area contributed by atoms with Crippen molar-refractivity contribution in [1.29, 1.82) is 0 Å². The van der Waals surface area contributed by atoms with Crippen LogP contribution >= 0.6 is 0 Å². The van der Waals surface area contributed by atoms with Gasteiger partial charge >= 0.3 is 11.9 Å². The monoisotopic (exact) mass is 1200 g/mol. The van der Waals surface area contributed by atoms with Crippen LogP contribution < -0.4 is 5.11 Å². The van der Waals surface area contributed by atoms with Crippen LogP contribution in [0, 0.1) is 0 Å². The third kappa shape index (κ3) is 67.5. The van der Waals surface area contributed by atoms with E-state index in [0.717, 1.165) is 96.3 Å². The maximum atomic E-state index is 12.9. The molecule has 0 spiro atoms. The Bertz CT molecular complexity index is 1780. The molecule has 9 nitrogen and oxygen atoms in total. The van der Waals surface area contributed by atoms with Crippen LogP contribution in [0.4, 0.5) is 0 Å². The highest BCUT2D eigenvalue weighted by Crippen LogP contribution is 2.18. The Kier molecular flexibility index (Phi) is 63.7. The molecule has 0 saturated carbocycles. The lowest BCUT2D eigenvalue weighted by molar-refractivity contribution is -0.870. The molecule has 0 N–H and O–H groups in total. The molecule has 0 radical (unpaired) electrons. The van der Waals surface area contributed by atoms with Crippen LogP contribution in [0.5, 0.6) is 0 Å². The summed E-state index contributed by atoms with van der Waals surface area (Å²) < 4.78 is 22.8. The van der Waals surface area contributed by atoms with Gasteiger partial charge in [0.25, 0.3) is 0 Å². The highest BCUT2D eigenvalue weighted by atomic mass is 16.7. The summed E-state index contributed by atoms with van der Waals surface area (Å²) in [5, 5.41) is 11.8. The number of ether oxygens (including phenoxy) is 4. The second-order valence-electron chi connectivity index (χ2n) is 24.8. The Morgan fingerprint density at radius 2 is 0.663 bits per heavy atom. The Balaban J connectivity index is 4.19. The van der Waals surface area contributed by atoms with Crippen LogP contribution in [-0.2, 0) is 33.3 Å². The minimum Gasteiger partial charge on any atom is -0.545 e. The first-order valence-corrected chi connectivity index (χ1v) is 35.5. The maximum Gasteiger partial charge on any atom is 0.306 e. The molecular weight excluding hydrogens is 1070 g/mol. The van der Waals surface area contributed by atoms with Crippen molar-refractivity contribution < 1.29 is 42.9 Å². The fourth-order valence-electron chi connectivity index (χ4n) is 9.88. The smallest absolute Gasteiger partial charge is 0.306 e. The van der Waals surface area contributed by atoms with Crippen LogP contribution in [0.1, 0.15) is 303 Å². The number of hydrogen-bond donors (Lipinski definition) is 0. The number of aliphatic carboxylic acids is 1. The third-order valence-corrected chi connectivity index (χ3v) is 15.3. The Labute approximate surface area is 530 Å². The van der Waals surface area contributed by atoms with E-state index in [-0.39, 0.29) is 38.6 Å². The summed E-state index contributed by atoms with van der Waals surface area (Å²) >= 11 is 0. The Morgan fingerprint density at radius 1 is 0.360 bits per heavy atom. The predicted molar refractivity (Wildman–Crippen MR) is 366 cm³/mol. The molecule has 0 aromatic heterocycles. The van der Waals surface area contributed by atoms with E-state index >= 15 is 0 Å². The molecule has 2 unspecified atom stereocenters. The van der Waals surface area contributed by atoms with Gasteiger partial charge in [-0.3, -0.25) is 9.59 Å². The van der Waals surface area contributed by atoms with Crippen LogP contribution in [0.2, 0.25) is 0 Å².